The lowest BCUT2D eigenvalue weighted by Gasteiger charge is -2.20. The van der Waals surface area contributed by atoms with Crippen molar-refractivity contribution in [2.75, 3.05) is 51.6 Å². The Morgan fingerprint density at radius 1 is 1.26 bits per heavy atom. The summed E-state index contributed by atoms with van der Waals surface area (Å²) in [5.41, 5.74) is 0. The predicted octanol–water partition coefficient (Wildman–Crippen LogP) is 1.47. The number of nitrogens with one attached hydrogen (secondary N) is 2. The van der Waals surface area contributed by atoms with Crippen molar-refractivity contribution < 1.29 is 21.6 Å². The van der Waals surface area contributed by atoms with E-state index in [1.54, 1.807) is 13.8 Å². The lowest BCUT2D eigenvalue weighted by atomic mass is 10.3. The van der Waals surface area contributed by atoms with Crippen molar-refractivity contribution in [3.8, 4) is 0 Å². The van der Waals surface area contributed by atoms with Gasteiger partial charge in [-0.3, -0.25) is 9.89 Å². The highest BCUT2D eigenvalue weighted by Crippen LogP contribution is 2.19. The van der Waals surface area contributed by atoms with E-state index in [9.17, 15) is 21.6 Å². The maximum atomic E-state index is 12.5. The van der Waals surface area contributed by atoms with Gasteiger partial charge in [0.2, 0.25) is 10.0 Å². The van der Waals surface area contributed by atoms with E-state index in [-0.39, 0.29) is 48.9 Å². The number of sulfonamides is 1. The summed E-state index contributed by atoms with van der Waals surface area (Å²) in [6, 6.07) is -0.144. The second-order valence-corrected chi connectivity index (χ2v) is 8.23. The summed E-state index contributed by atoms with van der Waals surface area (Å²) in [6.45, 7) is 6.66. The molecule has 0 radical (unpaired) electrons. The number of halogens is 4. The Balaban J connectivity index is 0.00000676. The van der Waals surface area contributed by atoms with Crippen LogP contribution in [0.2, 0.25) is 0 Å². The zero-order valence-corrected chi connectivity index (χ0v) is 19.2. The Labute approximate surface area is 177 Å². The second kappa shape index (κ2) is 12.3. The van der Waals surface area contributed by atoms with E-state index in [4.69, 9.17) is 0 Å². The molecule has 1 atom stereocenters. The van der Waals surface area contributed by atoms with Crippen LogP contribution in [0.4, 0.5) is 13.2 Å². The Bertz CT molecular complexity index is 556. The van der Waals surface area contributed by atoms with Gasteiger partial charge in [-0.15, -0.1) is 24.0 Å². The fraction of sp³-hybridized carbons (Fsp3) is 0.933. The molecule has 7 nitrogen and oxygen atoms in total. The van der Waals surface area contributed by atoms with Crippen LogP contribution in [0.15, 0.2) is 4.99 Å². The maximum Gasteiger partial charge on any atom is 0.401 e. The van der Waals surface area contributed by atoms with Gasteiger partial charge >= 0.3 is 6.18 Å². The highest BCUT2D eigenvalue weighted by Gasteiger charge is 2.34. The Hall–Kier alpha value is -0.340. The molecule has 0 aliphatic carbocycles. The molecule has 2 N–H and O–H groups in total. The van der Waals surface area contributed by atoms with Crippen molar-refractivity contribution in [1.29, 1.82) is 0 Å². The number of nitrogens with zero attached hydrogens (tertiary/aromatic N) is 3. The molecule has 1 fully saturated rings. The summed E-state index contributed by atoms with van der Waals surface area (Å²) >= 11 is 0. The first-order chi connectivity index (χ1) is 12.1. The molecule has 0 spiro atoms. The molecule has 0 aromatic carbocycles. The first-order valence-electron chi connectivity index (χ1n) is 8.93. The van der Waals surface area contributed by atoms with Crippen molar-refractivity contribution in [1.82, 2.24) is 19.8 Å². The molecule has 1 heterocycles. The number of hydrogen-bond acceptors (Lipinski definition) is 4. The average molecular weight is 529 g/mol. The lowest BCUT2D eigenvalue weighted by Crippen LogP contribution is -2.45. The van der Waals surface area contributed by atoms with Crippen LogP contribution in [0.1, 0.15) is 27.2 Å². The number of likely N-dealkylation sites (tertiary alicyclic amines) is 1. The number of guanidine groups is 1. The normalized spacial score (nSPS) is 19.2. The Morgan fingerprint density at radius 3 is 2.41 bits per heavy atom. The Morgan fingerprint density at radius 2 is 1.89 bits per heavy atom. The minimum Gasteiger partial charge on any atom is -0.357 e. The van der Waals surface area contributed by atoms with Gasteiger partial charge in [0.15, 0.2) is 5.96 Å². The average Bonchev–Trinajstić information content (AvgIpc) is 2.93. The minimum atomic E-state index is -4.20. The van der Waals surface area contributed by atoms with Crippen molar-refractivity contribution in [2.24, 2.45) is 4.99 Å². The minimum absolute atomic E-state index is 0. The zero-order valence-electron chi connectivity index (χ0n) is 16.0. The molecule has 27 heavy (non-hydrogen) atoms. The molecule has 12 heteroatoms. The van der Waals surface area contributed by atoms with Crippen LogP contribution in [0.25, 0.3) is 0 Å². The van der Waals surface area contributed by atoms with E-state index in [0.717, 1.165) is 0 Å². The predicted molar refractivity (Wildman–Crippen MR) is 112 cm³/mol. The van der Waals surface area contributed by atoms with Crippen LogP contribution in [0, 0.1) is 0 Å². The topological polar surface area (TPSA) is 77.0 Å². The van der Waals surface area contributed by atoms with Crippen molar-refractivity contribution in [2.45, 2.75) is 39.4 Å². The van der Waals surface area contributed by atoms with E-state index >= 15 is 0 Å². The third-order valence-corrected chi connectivity index (χ3v) is 6.08. The summed E-state index contributed by atoms with van der Waals surface area (Å²) in [5.74, 6) is 0.331. The molecule has 0 bridgehead atoms. The van der Waals surface area contributed by atoms with Gasteiger partial charge in [0, 0.05) is 38.8 Å². The summed E-state index contributed by atoms with van der Waals surface area (Å²) in [6.07, 6.45) is -3.62. The fourth-order valence-electron chi connectivity index (χ4n) is 2.88. The van der Waals surface area contributed by atoms with Gasteiger partial charge in [0.05, 0.1) is 18.8 Å². The Kier molecular flexibility index (Phi) is 12.1. The highest BCUT2D eigenvalue weighted by molar-refractivity contribution is 14.0. The summed E-state index contributed by atoms with van der Waals surface area (Å²) in [5, 5.41) is 6.10. The fourth-order valence-corrected chi connectivity index (χ4v) is 4.25. The number of alkyl halides is 3. The largest absolute Gasteiger partial charge is 0.401 e. The van der Waals surface area contributed by atoms with Crippen LogP contribution in [-0.4, -0.2) is 87.4 Å². The lowest BCUT2D eigenvalue weighted by molar-refractivity contribution is -0.143. The monoisotopic (exact) mass is 529 g/mol. The summed E-state index contributed by atoms with van der Waals surface area (Å²) in [4.78, 5) is 5.61. The smallest absolute Gasteiger partial charge is 0.357 e. The first kappa shape index (κ1) is 26.7. The van der Waals surface area contributed by atoms with E-state index in [0.29, 0.717) is 38.6 Å². The third kappa shape index (κ3) is 10.1. The van der Waals surface area contributed by atoms with Gasteiger partial charge in [0.1, 0.15) is 0 Å². The molecule has 0 aromatic rings. The van der Waals surface area contributed by atoms with E-state index in [1.165, 1.54) is 9.21 Å². The van der Waals surface area contributed by atoms with Crippen molar-refractivity contribution in [3.05, 3.63) is 0 Å². The molecular formula is C15H31F3IN5O2S. The van der Waals surface area contributed by atoms with Gasteiger partial charge in [-0.2, -0.15) is 13.2 Å². The van der Waals surface area contributed by atoms with Crippen molar-refractivity contribution >= 4 is 40.0 Å². The molecule has 1 unspecified atom stereocenters. The van der Waals surface area contributed by atoms with E-state index in [2.05, 4.69) is 15.6 Å². The third-order valence-electron chi connectivity index (χ3n) is 4.08. The van der Waals surface area contributed by atoms with Crippen LogP contribution >= 0.6 is 24.0 Å². The van der Waals surface area contributed by atoms with Crippen molar-refractivity contribution in [3.63, 3.8) is 0 Å². The number of aliphatic imine (C=N–C) groups is 1. The summed E-state index contributed by atoms with van der Waals surface area (Å²) < 4.78 is 63.1. The molecule has 1 aliphatic heterocycles. The maximum absolute atomic E-state index is 12.5. The SMILES string of the molecule is CCNC(=NCCS(=O)(=O)N(CC)CC)NC1CCN(CC(F)(F)F)C1.I. The number of hydrogen-bond donors (Lipinski definition) is 2. The molecule has 1 rings (SSSR count). The summed E-state index contributed by atoms with van der Waals surface area (Å²) in [7, 11) is -3.35. The standard InChI is InChI=1S/C15H30F3N5O2S.HI/c1-4-19-14(20-8-10-26(24,25)23(5-2)6-3)21-13-7-9-22(11-13)12-15(16,17)18;/h13H,4-12H2,1-3H3,(H2,19,20,21);1H. The van der Waals surface area contributed by atoms with Crippen LogP contribution in [0.3, 0.4) is 0 Å². The van der Waals surface area contributed by atoms with Gasteiger partial charge in [-0.05, 0) is 13.3 Å². The molecule has 0 amide bonds. The van der Waals surface area contributed by atoms with Gasteiger partial charge in [-0.25, -0.2) is 12.7 Å². The second-order valence-electron chi connectivity index (χ2n) is 6.14. The van der Waals surface area contributed by atoms with Gasteiger partial charge in [-0.1, -0.05) is 13.8 Å². The van der Waals surface area contributed by atoms with Gasteiger partial charge in [0.25, 0.3) is 0 Å². The molecule has 0 saturated carbocycles. The molecular weight excluding hydrogens is 498 g/mol. The quantitative estimate of drug-likeness (QED) is 0.269. The van der Waals surface area contributed by atoms with E-state index < -0.39 is 22.7 Å². The van der Waals surface area contributed by atoms with Crippen LogP contribution in [-0.2, 0) is 10.0 Å². The van der Waals surface area contributed by atoms with Crippen LogP contribution in [0.5, 0.6) is 0 Å². The number of rotatable bonds is 9. The molecule has 0 aromatic heterocycles. The van der Waals surface area contributed by atoms with Gasteiger partial charge < -0.3 is 10.6 Å². The zero-order chi connectivity index (χ0) is 19.8. The molecule has 162 valence electrons. The highest BCUT2D eigenvalue weighted by atomic mass is 127. The first-order valence-corrected chi connectivity index (χ1v) is 10.5. The molecule has 1 saturated heterocycles. The van der Waals surface area contributed by atoms with E-state index in [1.807, 2.05) is 6.92 Å². The molecule has 1 aliphatic rings. The van der Waals surface area contributed by atoms with Crippen LogP contribution < -0.4 is 10.6 Å².